The van der Waals surface area contributed by atoms with Crippen molar-refractivity contribution in [1.82, 2.24) is 0 Å². The Hall–Kier alpha value is -1.40. The third-order valence-electron chi connectivity index (χ3n) is 7.07. The van der Waals surface area contributed by atoms with E-state index in [2.05, 4.69) is 127 Å². The Balaban J connectivity index is 0.000000265. The van der Waals surface area contributed by atoms with Gasteiger partial charge in [0.15, 0.2) is 0 Å². The topological polar surface area (TPSA) is 0 Å². The van der Waals surface area contributed by atoms with Crippen LogP contribution in [0.5, 0.6) is 0 Å². The van der Waals surface area contributed by atoms with Crippen LogP contribution in [-0.4, -0.2) is 0 Å². The van der Waals surface area contributed by atoms with E-state index in [1.807, 2.05) is 0 Å². The van der Waals surface area contributed by atoms with Crippen molar-refractivity contribution in [2.45, 2.75) is 54.4 Å². The van der Waals surface area contributed by atoms with Gasteiger partial charge in [-0.25, -0.2) is 0 Å². The van der Waals surface area contributed by atoms with Gasteiger partial charge in [0, 0.05) is 0 Å². The van der Waals surface area contributed by atoms with Crippen molar-refractivity contribution in [1.29, 1.82) is 0 Å². The quantitative estimate of drug-likeness (QED) is 0.268. The normalized spacial score (nSPS) is 20.4. The Morgan fingerprint density at radius 3 is 1.17 bits per heavy atom. The SMILES string of the molecule is CCC1(C)[C-]=c2c(C)cccc2=C1.CCC1(C)[C-]=c2c(C)cccc2=C1.[Cl-].[Cl-].[Zr+2].c1cc2ccc1=2. The first-order chi connectivity index (χ1) is 15.3. The van der Waals surface area contributed by atoms with Crippen LogP contribution in [0.3, 0.4) is 0 Å². The van der Waals surface area contributed by atoms with Gasteiger partial charge in [0.2, 0.25) is 0 Å². The summed E-state index contributed by atoms with van der Waals surface area (Å²) < 4.78 is 0. The summed E-state index contributed by atoms with van der Waals surface area (Å²) in [4.78, 5) is 0. The molecule has 0 fully saturated rings. The molecule has 2 aromatic carbocycles. The maximum Gasteiger partial charge on any atom is 2.00 e. The van der Waals surface area contributed by atoms with Crippen LogP contribution in [-0.2, 0) is 26.2 Å². The van der Waals surface area contributed by atoms with E-state index in [1.54, 1.807) is 0 Å². The van der Waals surface area contributed by atoms with Crippen LogP contribution >= 0.6 is 0 Å². The average molecular weight is 581 g/mol. The van der Waals surface area contributed by atoms with Gasteiger partial charge in [-0.05, 0) is 10.4 Å². The Labute approximate surface area is 242 Å². The summed E-state index contributed by atoms with van der Waals surface area (Å²) in [6.07, 6.45) is 14.1. The molecule has 2 unspecified atom stereocenters. The molecule has 0 N–H and O–H groups in total. The van der Waals surface area contributed by atoms with Crippen LogP contribution in [0.25, 0.3) is 24.3 Å². The Morgan fingerprint density at radius 2 is 0.943 bits per heavy atom. The van der Waals surface area contributed by atoms with Crippen molar-refractivity contribution < 1.29 is 51.0 Å². The second-order valence-electron chi connectivity index (χ2n) is 9.74. The van der Waals surface area contributed by atoms with Gasteiger partial charge < -0.3 is 24.8 Å². The number of hydrogen-bond donors (Lipinski definition) is 0. The standard InChI is InChI=1S/2C13H15.C6H4.2ClH.Zr/c2*1-4-13(3)8-11-7-5-6-10(2)12(11)9-13;1-2-6-4-3-5(1)6;;;/h2*5-8H,4H2,1-3H3;1-4H;2*1H;/q2*-1;;;;+2/p-2. The molecule has 4 aliphatic carbocycles. The third kappa shape index (κ3) is 6.88. The van der Waals surface area contributed by atoms with Crippen molar-refractivity contribution >= 4 is 24.3 Å². The van der Waals surface area contributed by atoms with Crippen molar-refractivity contribution in [2.24, 2.45) is 10.8 Å². The fourth-order valence-corrected chi connectivity index (χ4v) is 4.34. The largest absolute Gasteiger partial charge is 2.00 e. The van der Waals surface area contributed by atoms with Crippen LogP contribution in [0.1, 0.15) is 51.7 Å². The molecule has 2 aromatic rings. The number of aryl methyl sites for hydroxylation is 2. The third-order valence-corrected chi connectivity index (χ3v) is 7.07. The van der Waals surface area contributed by atoms with Gasteiger partial charge in [-0.15, -0.1) is 46.9 Å². The summed E-state index contributed by atoms with van der Waals surface area (Å²) in [6, 6.07) is 21.4. The van der Waals surface area contributed by atoms with Gasteiger partial charge in [0.1, 0.15) is 0 Å². The van der Waals surface area contributed by atoms with Crippen molar-refractivity contribution in [3.63, 3.8) is 0 Å². The van der Waals surface area contributed by atoms with E-state index < -0.39 is 0 Å². The Bertz CT molecular complexity index is 1370. The van der Waals surface area contributed by atoms with E-state index in [4.69, 9.17) is 0 Å². The number of fused-ring (bicyclic) bond motifs is 2. The molecule has 35 heavy (non-hydrogen) atoms. The van der Waals surface area contributed by atoms with E-state index in [9.17, 15) is 0 Å². The van der Waals surface area contributed by atoms with Gasteiger partial charge in [0.25, 0.3) is 0 Å². The van der Waals surface area contributed by atoms with Gasteiger partial charge in [-0.3, -0.25) is 0 Å². The predicted octanol–water partition coefficient (Wildman–Crippen LogP) is -0.982. The molecule has 0 spiro atoms. The zero-order chi connectivity index (χ0) is 22.9. The van der Waals surface area contributed by atoms with Gasteiger partial charge in [-0.1, -0.05) is 102 Å². The molecule has 0 aliphatic heterocycles. The van der Waals surface area contributed by atoms with Crippen LogP contribution in [0.15, 0.2) is 60.7 Å². The smallest absolute Gasteiger partial charge is 1.00 e. The summed E-state index contributed by atoms with van der Waals surface area (Å²) >= 11 is 0. The number of rotatable bonds is 2. The first kappa shape index (κ1) is 31.6. The molecule has 2 atom stereocenters. The van der Waals surface area contributed by atoms with Gasteiger partial charge in [-0.2, -0.15) is 33.7 Å². The first-order valence-corrected chi connectivity index (χ1v) is 11.8. The summed E-state index contributed by atoms with van der Waals surface area (Å²) in [5.74, 6) is 0. The van der Waals surface area contributed by atoms with Gasteiger partial charge >= 0.3 is 26.2 Å². The number of halogens is 2. The van der Waals surface area contributed by atoms with Crippen molar-refractivity contribution in [2.75, 3.05) is 0 Å². The molecule has 0 bridgehead atoms. The second kappa shape index (κ2) is 12.7. The molecular weight excluding hydrogens is 546 g/mol. The molecule has 0 saturated heterocycles. The van der Waals surface area contributed by atoms with Crippen molar-refractivity contribution in [3.05, 3.63) is 103 Å². The molecule has 0 nitrogen and oxygen atoms in total. The van der Waals surface area contributed by atoms with Crippen LogP contribution < -0.4 is 45.7 Å². The minimum atomic E-state index is 0. The summed E-state index contributed by atoms with van der Waals surface area (Å²) in [5.41, 5.74) is 3.00. The van der Waals surface area contributed by atoms with Crippen LogP contribution in [0.2, 0.25) is 0 Å². The summed E-state index contributed by atoms with van der Waals surface area (Å²) in [5, 5.41) is 8.18. The molecule has 6 rings (SSSR count). The molecule has 3 heteroatoms. The fourth-order valence-electron chi connectivity index (χ4n) is 4.34. The minimum Gasteiger partial charge on any atom is -1.00 e. The number of benzene rings is 3. The zero-order valence-electron chi connectivity index (χ0n) is 21.6. The summed E-state index contributed by atoms with van der Waals surface area (Å²) in [6.45, 7) is 13.2. The maximum absolute atomic E-state index is 3.57. The predicted molar refractivity (Wildman–Crippen MR) is 138 cm³/mol. The Kier molecular flexibility index (Phi) is 11.5. The molecule has 4 aliphatic rings. The molecule has 0 aromatic heterocycles. The van der Waals surface area contributed by atoms with Crippen LogP contribution in [0.4, 0.5) is 0 Å². The molecule has 0 heterocycles. The van der Waals surface area contributed by atoms with E-state index in [0.717, 1.165) is 12.8 Å². The molecule has 0 amide bonds. The minimum absolute atomic E-state index is 0. The molecular formula is C32H34Cl2Zr-2. The molecule has 0 saturated carbocycles. The fraction of sp³-hybridized carbons (Fsp3) is 0.312. The van der Waals surface area contributed by atoms with E-state index in [-0.39, 0.29) is 61.8 Å². The van der Waals surface area contributed by atoms with Crippen molar-refractivity contribution in [3.8, 4) is 0 Å². The second-order valence-corrected chi connectivity index (χ2v) is 9.74. The molecule has 182 valence electrons. The van der Waals surface area contributed by atoms with Crippen LogP contribution in [0, 0.1) is 35.1 Å². The summed E-state index contributed by atoms with van der Waals surface area (Å²) in [7, 11) is 0. The Morgan fingerprint density at radius 1 is 0.600 bits per heavy atom. The maximum atomic E-state index is 3.57. The number of hydrogen-bond acceptors (Lipinski definition) is 0. The van der Waals surface area contributed by atoms with E-state index in [1.165, 1.54) is 42.4 Å². The molecule has 0 radical (unpaired) electrons. The van der Waals surface area contributed by atoms with Gasteiger partial charge in [0.05, 0.1) is 0 Å². The average Bonchev–Trinajstić information content (AvgIpc) is 3.31. The monoisotopic (exact) mass is 578 g/mol. The first-order valence-electron chi connectivity index (χ1n) is 11.8. The van der Waals surface area contributed by atoms with E-state index in [0.29, 0.717) is 0 Å². The van der Waals surface area contributed by atoms with E-state index >= 15 is 0 Å². The zero-order valence-corrected chi connectivity index (χ0v) is 25.6.